The van der Waals surface area contributed by atoms with Crippen LogP contribution in [0.3, 0.4) is 0 Å². The van der Waals surface area contributed by atoms with E-state index in [0.717, 1.165) is 9.35 Å². The van der Waals surface area contributed by atoms with Gasteiger partial charge in [-0.05, 0) is 28.4 Å². The highest BCUT2D eigenvalue weighted by Crippen LogP contribution is 2.24. The molecule has 0 saturated carbocycles. The van der Waals surface area contributed by atoms with Crippen LogP contribution in [0.4, 0.5) is 5.13 Å². The van der Waals surface area contributed by atoms with Gasteiger partial charge in [-0.2, -0.15) is 0 Å². The van der Waals surface area contributed by atoms with Crippen molar-refractivity contribution in [2.75, 3.05) is 5.32 Å². The molecular weight excluding hydrogens is 300 g/mol. The van der Waals surface area contributed by atoms with Crippen LogP contribution in [-0.4, -0.2) is 10.9 Å². The van der Waals surface area contributed by atoms with Crippen LogP contribution in [0.2, 0.25) is 0 Å². The average molecular weight is 311 g/mol. The van der Waals surface area contributed by atoms with Crippen LogP contribution in [0, 0.1) is 0 Å². The van der Waals surface area contributed by atoms with E-state index in [2.05, 4.69) is 26.2 Å². The minimum Gasteiger partial charge on any atom is -0.301 e. The van der Waals surface area contributed by atoms with Gasteiger partial charge in [-0.25, -0.2) is 4.98 Å². The fraction of sp³-hybridized carbons (Fsp3) is 0.167. The van der Waals surface area contributed by atoms with E-state index in [0.29, 0.717) is 5.13 Å². The van der Waals surface area contributed by atoms with Gasteiger partial charge >= 0.3 is 0 Å². The lowest BCUT2D eigenvalue weighted by Gasteiger charge is -2.10. The summed E-state index contributed by atoms with van der Waals surface area (Å²) in [6, 6.07) is 9.69. The zero-order valence-electron chi connectivity index (χ0n) is 9.18. The molecule has 5 heteroatoms. The highest BCUT2D eigenvalue weighted by molar-refractivity contribution is 9.11. The van der Waals surface area contributed by atoms with E-state index in [9.17, 15) is 4.79 Å². The highest BCUT2D eigenvalue weighted by Gasteiger charge is 2.15. The van der Waals surface area contributed by atoms with Gasteiger partial charge in [-0.3, -0.25) is 4.79 Å². The largest absolute Gasteiger partial charge is 0.301 e. The first kappa shape index (κ1) is 12.3. The molecule has 0 aliphatic carbocycles. The molecule has 88 valence electrons. The van der Waals surface area contributed by atoms with Crippen molar-refractivity contribution in [2.24, 2.45) is 0 Å². The Morgan fingerprint density at radius 2 is 2.12 bits per heavy atom. The molecule has 0 saturated heterocycles. The van der Waals surface area contributed by atoms with E-state index in [1.165, 1.54) is 11.3 Å². The van der Waals surface area contributed by atoms with Gasteiger partial charge in [0.25, 0.3) is 0 Å². The number of hydrogen-bond acceptors (Lipinski definition) is 3. The highest BCUT2D eigenvalue weighted by atomic mass is 79.9. The third-order valence-corrected chi connectivity index (χ3v) is 3.79. The van der Waals surface area contributed by atoms with Crippen LogP contribution in [0.25, 0.3) is 0 Å². The Bertz CT molecular complexity index is 512. The maximum absolute atomic E-state index is 12.0. The number of rotatable bonds is 3. The first-order valence-corrected chi connectivity index (χ1v) is 6.75. The number of amides is 1. The Kier molecular flexibility index (Phi) is 3.91. The second-order valence-corrected chi connectivity index (χ2v) is 6.00. The smallest absolute Gasteiger partial charge is 0.233 e. The molecule has 0 spiro atoms. The predicted molar refractivity (Wildman–Crippen MR) is 73.3 cm³/mol. The van der Waals surface area contributed by atoms with Crippen molar-refractivity contribution in [3.05, 3.63) is 45.9 Å². The molecule has 1 aromatic heterocycles. The Labute approximate surface area is 112 Å². The van der Waals surface area contributed by atoms with E-state index in [4.69, 9.17) is 0 Å². The molecule has 1 N–H and O–H groups in total. The monoisotopic (exact) mass is 310 g/mol. The zero-order chi connectivity index (χ0) is 12.3. The van der Waals surface area contributed by atoms with E-state index in [-0.39, 0.29) is 11.8 Å². The fourth-order valence-corrected chi connectivity index (χ4v) is 2.53. The van der Waals surface area contributed by atoms with Crippen LogP contribution in [-0.2, 0) is 4.79 Å². The van der Waals surface area contributed by atoms with Crippen molar-refractivity contribution in [1.29, 1.82) is 0 Å². The van der Waals surface area contributed by atoms with Gasteiger partial charge in [-0.15, -0.1) is 0 Å². The Morgan fingerprint density at radius 1 is 1.41 bits per heavy atom. The number of nitrogens with zero attached hydrogens (tertiary/aromatic N) is 1. The van der Waals surface area contributed by atoms with E-state index in [1.54, 1.807) is 6.20 Å². The van der Waals surface area contributed by atoms with Crippen molar-refractivity contribution >= 4 is 38.3 Å². The average Bonchev–Trinajstić information content (AvgIpc) is 2.75. The molecule has 1 heterocycles. The summed E-state index contributed by atoms with van der Waals surface area (Å²) < 4.78 is 0.903. The predicted octanol–water partition coefficient (Wildman–Crippen LogP) is 3.65. The van der Waals surface area contributed by atoms with Gasteiger partial charge in [-0.1, -0.05) is 41.7 Å². The second kappa shape index (κ2) is 5.42. The first-order chi connectivity index (χ1) is 8.16. The standard InChI is InChI=1S/C12H11BrN2OS/c1-8(9-5-3-2-4-6-9)11(16)15-12-14-7-10(13)17-12/h2-8H,1H3,(H,14,15,16). The number of anilines is 1. The van der Waals surface area contributed by atoms with Crippen LogP contribution in [0.15, 0.2) is 40.3 Å². The first-order valence-electron chi connectivity index (χ1n) is 5.14. The molecule has 0 aliphatic rings. The van der Waals surface area contributed by atoms with Crippen molar-refractivity contribution in [2.45, 2.75) is 12.8 Å². The van der Waals surface area contributed by atoms with Crippen molar-refractivity contribution in [1.82, 2.24) is 4.98 Å². The summed E-state index contributed by atoms with van der Waals surface area (Å²) in [6.07, 6.45) is 1.67. The van der Waals surface area contributed by atoms with Crippen LogP contribution in [0.1, 0.15) is 18.4 Å². The summed E-state index contributed by atoms with van der Waals surface area (Å²) in [6.45, 7) is 1.88. The molecule has 1 aromatic carbocycles. The van der Waals surface area contributed by atoms with Gasteiger partial charge < -0.3 is 5.32 Å². The quantitative estimate of drug-likeness (QED) is 0.940. The third kappa shape index (κ3) is 3.14. The van der Waals surface area contributed by atoms with Crippen LogP contribution >= 0.6 is 27.3 Å². The summed E-state index contributed by atoms with van der Waals surface area (Å²) in [4.78, 5) is 16.0. The number of nitrogens with one attached hydrogen (secondary N) is 1. The van der Waals surface area contributed by atoms with Gasteiger partial charge in [0.15, 0.2) is 5.13 Å². The molecule has 1 unspecified atom stereocenters. The van der Waals surface area contributed by atoms with Gasteiger partial charge in [0, 0.05) is 0 Å². The minimum atomic E-state index is -0.182. The molecule has 0 radical (unpaired) electrons. The number of aromatic nitrogens is 1. The van der Waals surface area contributed by atoms with Crippen molar-refractivity contribution in [3.8, 4) is 0 Å². The number of hydrogen-bond donors (Lipinski definition) is 1. The van der Waals surface area contributed by atoms with E-state index in [1.807, 2.05) is 37.3 Å². The van der Waals surface area contributed by atoms with Crippen LogP contribution < -0.4 is 5.32 Å². The van der Waals surface area contributed by atoms with Crippen molar-refractivity contribution in [3.63, 3.8) is 0 Å². The maximum atomic E-state index is 12.0. The summed E-state index contributed by atoms with van der Waals surface area (Å²) in [5, 5.41) is 3.41. The molecule has 0 aliphatic heterocycles. The lowest BCUT2D eigenvalue weighted by Crippen LogP contribution is -2.18. The summed E-state index contributed by atoms with van der Waals surface area (Å²) >= 11 is 4.71. The molecule has 1 amide bonds. The molecule has 0 bridgehead atoms. The number of thiazole rings is 1. The number of halogens is 1. The second-order valence-electron chi connectivity index (χ2n) is 3.59. The Morgan fingerprint density at radius 3 is 2.71 bits per heavy atom. The summed E-state index contributed by atoms with van der Waals surface area (Å²) in [7, 11) is 0. The fourth-order valence-electron chi connectivity index (χ4n) is 1.42. The molecule has 17 heavy (non-hydrogen) atoms. The van der Waals surface area contributed by atoms with Gasteiger partial charge in [0.2, 0.25) is 5.91 Å². The lowest BCUT2D eigenvalue weighted by molar-refractivity contribution is -0.117. The third-order valence-electron chi connectivity index (χ3n) is 2.40. The number of carbonyl (C=O) groups is 1. The Balaban J connectivity index is 2.06. The normalized spacial score (nSPS) is 12.1. The summed E-state index contributed by atoms with van der Waals surface area (Å²) in [5.74, 6) is -0.225. The van der Waals surface area contributed by atoms with E-state index >= 15 is 0 Å². The minimum absolute atomic E-state index is 0.0435. The zero-order valence-corrected chi connectivity index (χ0v) is 11.6. The maximum Gasteiger partial charge on any atom is 0.233 e. The Hall–Kier alpha value is -1.20. The van der Waals surface area contributed by atoms with Crippen LogP contribution in [0.5, 0.6) is 0 Å². The van der Waals surface area contributed by atoms with E-state index < -0.39 is 0 Å². The SMILES string of the molecule is CC(C(=O)Nc1ncc(Br)s1)c1ccccc1. The van der Waals surface area contributed by atoms with Crippen molar-refractivity contribution < 1.29 is 4.79 Å². The molecule has 3 nitrogen and oxygen atoms in total. The topological polar surface area (TPSA) is 42.0 Å². The number of benzene rings is 1. The molecule has 2 rings (SSSR count). The molecule has 2 aromatic rings. The lowest BCUT2D eigenvalue weighted by atomic mass is 10.0. The molecule has 1 atom stereocenters. The molecular formula is C12H11BrN2OS. The molecule has 0 fully saturated rings. The van der Waals surface area contributed by atoms with Gasteiger partial charge in [0.1, 0.15) is 0 Å². The summed E-state index contributed by atoms with van der Waals surface area (Å²) in [5.41, 5.74) is 1.00. The number of carbonyl (C=O) groups excluding carboxylic acids is 1. The van der Waals surface area contributed by atoms with Gasteiger partial charge in [0.05, 0.1) is 15.9 Å².